The Balaban J connectivity index is 1.79. The monoisotopic (exact) mass is 508 g/mol. The summed E-state index contributed by atoms with van der Waals surface area (Å²) in [5.41, 5.74) is 11.3. The van der Waals surface area contributed by atoms with Gasteiger partial charge in [-0.05, 0) is 34.4 Å². The zero-order chi connectivity index (χ0) is 25.9. The van der Waals surface area contributed by atoms with E-state index < -0.39 is 0 Å². The van der Waals surface area contributed by atoms with Crippen molar-refractivity contribution in [2.24, 2.45) is 0 Å². The van der Waals surface area contributed by atoms with E-state index in [4.69, 9.17) is 9.47 Å². The fraction of sp³-hybridized carbons (Fsp3) is 0.188. The molecule has 0 saturated carbocycles. The van der Waals surface area contributed by atoms with Crippen molar-refractivity contribution in [3.05, 3.63) is 105 Å². The van der Waals surface area contributed by atoms with Crippen LogP contribution in [0, 0.1) is 0 Å². The Morgan fingerprint density at radius 2 is 0.778 bits per heavy atom. The molecule has 2 radical (unpaired) electrons. The SMILES string of the molecule is COc1cc(/C=C/c2ccc(/C=C/[Si](C)C)cc2)c(OC)cc1/C=C/c1ccc(/C=C/[Si](C)C)cc1. The molecule has 0 bridgehead atoms. The van der Waals surface area contributed by atoms with Gasteiger partial charge in [-0.15, -0.1) is 0 Å². The van der Waals surface area contributed by atoms with E-state index in [1.807, 2.05) is 12.1 Å². The maximum absolute atomic E-state index is 5.71. The van der Waals surface area contributed by atoms with Gasteiger partial charge in [0.05, 0.1) is 31.8 Å². The Kier molecular flexibility index (Phi) is 10.3. The van der Waals surface area contributed by atoms with Gasteiger partial charge in [0, 0.05) is 11.1 Å². The number of methoxy groups -OCH3 is 2. The highest BCUT2D eigenvalue weighted by Gasteiger charge is 2.08. The maximum atomic E-state index is 5.71. The minimum absolute atomic E-state index is 0.359. The predicted molar refractivity (Wildman–Crippen MR) is 163 cm³/mol. The summed E-state index contributed by atoms with van der Waals surface area (Å²) in [6.07, 6.45) is 12.8. The van der Waals surface area contributed by atoms with E-state index in [0.29, 0.717) is 0 Å². The molecule has 3 aromatic rings. The Hall–Kier alpha value is -3.35. The van der Waals surface area contributed by atoms with E-state index in [2.05, 4.69) is 123 Å². The topological polar surface area (TPSA) is 18.5 Å². The van der Waals surface area contributed by atoms with Gasteiger partial charge in [0.1, 0.15) is 11.5 Å². The first-order chi connectivity index (χ1) is 17.4. The summed E-state index contributed by atoms with van der Waals surface area (Å²) in [6, 6.07) is 21.2. The molecule has 0 saturated heterocycles. The number of hydrogen-bond donors (Lipinski definition) is 0. The van der Waals surface area contributed by atoms with Crippen LogP contribution in [0.15, 0.2) is 72.1 Å². The lowest BCUT2D eigenvalue weighted by Crippen LogP contribution is -1.93. The van der Waals surface area contributed by atoms with Gasteiger partial charge in [0.25, 0.3) is 0 Å². The lowest BCUT2D eigenvalue weighted by molar-refractivity contribution is 0.401. The number of benzene rings is 3. The summed E-state index contributed by atoms with van der Waals surface area (Å²) in [5, 5.41) is 0. The third kappa shape index (κ3) is 8.40. The number of rotatable bonds is 10. The van der Waals surface area contributed by atoms with Crippen molar-refractivity contribution in [2.45, 2.75) is 26.2 Å². The molecular weight excluding hydrogens is 473 g/mol. The highest BCUT2D eigenvalue weighted by atomic mass is 28.3. The highest BCUT2D eigenvalue weighted by Crippen LogP contribution is 2.31. The molecule has 0 aliphatic heterocycles. The molecule has 0 unspecified atom stereocenters. The van der Waals surface area contributed by atoms with Crippen LogP contribution in [-0.2, 0) is 0 Å². The second-order valence-corrected chi connectivity index (χ2v) is 14.1. The lowest BCUT2D eigenvalue weighted by atomic mass is 10.0. The van der Waals surface area contributed by atoms with Gasteiger partial charge in [-0.25, -0.2) is 0 Å². The van der Waals surface area contributed by atoms with Crippen LogP contribution >= 0.6 is 0 Å². The molecule has 0 aliphatic rings. The lowest BCUT2D eigenvalue weighted by Gasteiger charge is -2.11. The molecule has 3 rings (SSSR count). The summed E-state index contributed by atoms with van der Waals surface area (Å²) >= 11 is 0. The average Bonchev–Trinajstić information content (AvgIpc) is 2.89. The van der Waals surface area contributed by atoms with Crippen LogP contribution in [0.1, 0.15) is 33.4 Å². The number of hydrogen-bond acceptors (Lipinski definition) is 2. The van der Waals surface area contributed by atoms with Crippen LogP contribution in [0.5, 0.6) is 11.5 Å². The van der Waals surface area contributed by atoms with E-state index in [1.165, 1.54) is 11.1 Å². The van der Waals surface area contributed by atoms with Crippen molar-refractivity contribution in [1.29, 1.82) is 0 Å². The molecule has 2 nitrogen and oxygen atoms in total. The van der Waals surface area contributed by atoms with Gasteiger partial charge in [-0.1, -0.05) is 123 Å². The van der Waals surface area contributed by atoms with Gasteiger partial charge < -0.3 is 9.47 Å². The molecule has 0 spiro atoms. The molecule has 0 heterocycles. The third-order valence-corrected chi connectivity index (χ3v) is 7.25. The zero-order valence-electron chi connectivity index (χ0n) is 22.2. The largest absolute Gasteiger partial charge is 0.496 e. The Morgan fingerprint density at radius 1 is 0.472 bits per heavy atom. The standard InChI is InChI=1S/C32H36O2Si2/c1-33-31-23-30(18-16-26-9-13-28(14-10-26)20-22-36(5)6)32(34-2)24-29(31)17-15-25-7-11-27(12-8-25)19-21-35(3)4/h7-24H,1-6H3/b17-15+,18-16+,21-19+,22-20+. The molecule has 184 valence electrons. The van der Waals surface area contributed by atoms with Crippen LogP contribution in [0.3, 0.4) is 0 Å². The van der Waals surface area contributed by atoms with Gasteiger partial charge in [0.15, 0.2) is 0 Å². The second-order valence-electron chi connectivity index (χ2n) is 9.16. The maximum Gasteiger partial charge on any atom is 0.126 e. The fourth-order valence-corrected chi connectivity index (χ4v) is 4.59. The molecule has 0 N–H and O–H groups in total. The highest BCUT2D eigenvalue weighted by molar-refractivity contribution is 6.62. The van der Waals surface area contributed by atoms with Crippen molar-refractivity contribution >= 4 is 54.0 Å². The van der Waals surface area contributed by atoms with Gasteiger partial charge in [0.2, 0.25) is 0 Å². The minimum atomic E-state index is -0.359. The van der Waals surface area contributed by atoms with Gasteiger partial charge in [-0.3, -0.25) is 0 Å². The van der Waals surface area contributed by atoms with Crippen molar-refractivity contribution < 1.29 is 9.47 Å². The van der Waals surface area contributed by atoms with Crippen molar-refractivity contribution in [2.75, 3.05) is 14.2 Å². The number of ether oxygens (including phenoxy) is 2. The molecule has 0 aliphatic carbocycles. The third-order valence-electron chi connectivity index (χ3n) is 5.58. The second kappa shape index (κ2) is 13.7. The first-order valence-electron chi connectivity index (χ1n) is 12.2. The summed E-state index contributed by atoms with van der Waals surface area (Å²) in [6.45, 7) is 9.13. The van der Waals surface area contributed by atoms with E-state index >= 15 is 0 Å². The first-order valence-corrected chi connectivity index (χ1v) is 17.3. The van der Waals surface area contributed by atoms with E-state index in [1.54, 1.807) is 14.2 Å². The molecule has 0 atom stereocenters. The van der Waals surface area contributed by atoms with Crippen LogP contribution in [-0.4, -0.2) is 31.8 Å². The Morgan fingerprint density at radius 3 is 1.06 bits per heavy atom. The Bertz CT molecular complexity index is 1130. The van der Waals surface area contributed by atoms with Crippen LogP contribution in [0.4, 0.5) is 0 Å². The molecular formula is C32H36O2Si2. The van der Waals surface area contributed by atoms with Crippen molar-refractivity contribution in [3.63, 3.8) is 0 Å². The Labute approximate surface area is 220 Å². The average molecular weight is 509 g/mol. The quantitative estimate of drug-likeness (QED) is 0.201. The molecule has 36 heavy (non-hydrogen) atoms. The molecule has 3 aromatic carbocycles. The van der Waals surface area contributed by atoms with Crippen molar-refractivity contribution in [1.82, 2.24) is 0 Å². The molecule has 0 aromatic heterocycles. The van der Waals surface area contributed by atoms with Gasteiger partial charge >= 0.3 is 0 Å². The normalized spacial score (nSPS) is 12.2. The van der Waals surface area contributed by atoms with Crippen LogP contribution < -0.4 is 9.47 Å². The first kappa shape index (κ1) is 27.2. The fourth-order valence-electron chi connectivity index (χ4n) is 3.54. The summed E-state index contributed by atoms with van der Waals surface area (Å²) in [5.74, 6) is 1.62. The van der Waals surface area contributed by atoms with E-state index in [0.717, 1.165) is 33.8 Å². The molecule has 0 amide bonds. The summed E-state index contributed by atoms with van der Waals surface area (Å²) < 4.78 is 11.4. The van der Waals surface area contributed by atoms with Crippen LogP contribution in [0.25, 0.3) is 36.5 Å². The van der Waals surface area contributed by atoms with E-state index in [-0.39, 0.29) is 17.6 Å². The molecule has 4 heteroatoms. The van der Waals surface area contributed by atoms with E-state index in [9.17, 15) is 0 Å². The minimum Gasteiger partial charge on any atom is -0.496 e. The summed E-state index contributed by atoms with van der Waals surface area (Å²) in [4.78, 5) is 0. The van der Waals surface area contributed by atoms with Crippen LogP contribution in [0.2, 0.25) is 26.2 Å². The van der Waals surface area contributed by atoms with Crippen molar-refractivity contribution in [3.8, 4) is 11.5 Å². The smallest absolute Gasteiger partial charge is 0.126 e. The van der Waals surface area contributed by atoms with Gasteiger partial charge in [-0.2, -0.15) is 0 Å². The summed E-state index contributed by atoms with van der Waals surface area (Å²) in [7, 11) is 2.69. The zero-order valence-corrected chi connectivity index (χ0v) is 24.2. The molecule has 0 fully saturated rings. The predicted octanol–water partition coefficient (Wildman–Crippen LogP) is 8.66.